The molecule has 0 amide bonds. The highest BCUT2D eigenvalue weighted by Gasteiger charge is 2.13. The molecular weight excluding hydrogens is 380 g/mol. The lowest BCUT2D eigenvalue weighted by Gasteiger charge is -2.17. The summed E-state index contributed by atoms with van der Waals surface area (Å²) in [5.41, 5.74) is 1.67. The molecule has 2 aromatic carbocycles. The number of hydrogen-bond donors (Lipinski definition) is 1. The van der Waals surface area contributed by atoms with Gasteiger partial charge in [-0.1, -0.05) is 6.07 Å². The Balaban J connectivity index is 2.10. The molecule has 0 heterocycles. The predicted molar refractivity (Wildman–Crippen MR) is 93.5 cm³/mol. The molecule has 0 aliphatic carbocycles. The quantitative estimate of drug-likeness (QED) is 0.711. The van der Waals surface area contributed by atoms with Gasteiger partial charge in [0.2, 0.25) is 0 Å². The highest BCUT2D eigenvalue weighted by Crippen LogP contribution is 2.36. The third-order valence-corrected chi connectivity index (χ3v) is 4.22. The van der Waals surface area contributed by atoms with Crippen molar-refractivity contribution in [3.63, 3.8) is 0 Å². The molecule has 0 aliphatic heterocycles. The van der Waals surface area contributed by atoms with Crippen molar-refractivity contribution in [1.82, 2.24) is 5.32 Å². The largest absolute Gasteiger partial charge is 0.493 e. The molecule has 1 unspecified atom stereocenters. The van der Waals surface area contributed by atoms with E-state index in [9.17, 15) is 8.78 Å². The van der Waals surface area contributed by atoms with Crippen LogP contribution in [0.3, 0.4) is 0 Å². The van der Waals surface area contributed by atoms with E-state index in [1.54, 1.807) is 13.2 Å². The first-order valence-electron chi connectivity index (χ1n) is 7.63. The van der Waals surface area contributed by atoms with E-state index in [1.165, 1.54) is 6.07 Å². The van der Waals surface area contributed by atoms with Crippen LogP contribution < -0.4 is 14.8 Å². The van der Waals surface area contributed by atoms with E-state index in [2.05, 4.69) is 21.2 Å². The topological polar surface area (TPSA) is 30.5 Å². The van der Waals surface area contributed by atoms with E-state index in [-0.39, 0.29) is 6.04 Å². The zero-order chi connectivity index (χ0) is 17.7. The van der Waals surface area contributed by atoms with Crippen LogP contribution in [0.25, 0.3) is 0 Å². The van der Waals surface area contributed by atoms with E-state index < -0.39 is 11.6 Å². The van der Waals surface area contributed by atoms with Gasteiger partial charge in [-0.2, -0.15) is 0 Å². The number of halogens is 3. The highest BCUT2D eigenvalue weighted by atomic mass is 79.9. The summed E-state index contributed by atoms with van der Waals surface area (Å²) >= 11 is 3.49. The molecule has 0 spiro atoms. The van der Waals surface area contributed by atoms with Gasteiger partial charge in [0.25, 0.3) is 0 Å². The van der Waals surface area contributed by atoms with Crippen LogP contribution in [0, 0.1) is 11.6 Å². The fraction of sp³-hybridized carbons (Fsp3) is 0.333. The number of benzene rings is 2. The van der Waals surface area contributed by atoms with Gasteiger partial charge < -0.3 is 14.8 Å². The van der Waals surface area contributed by atoms with Crippen molar-refractivity contribution in [2.75, 3.05) is 13.7 Å². The van der Waals surface area contributed by atoms with Crippen molar-refractivity contribution in [3.8, 4) is 11.5 Å². The van der Waals surface area contributed by atoms with Crippen LogP contribution in [-0.4, -0.2) is 13.7 Å². The molecule has 0 aromatic heterocycles. The average Bonchev–Trinajstić information content (AvgIpc) is 2.57. The van der Waals surface area contributed by atoms with Crippen LogP contribution in [0.5, 0.6) is 11.5 Å². The average molecular weight is 400 g/mol. The second-order valence-corrected chi connectivity index (χ2v) is 6.17. The maximum atomic E-state index is 13.3. The summed E-state index contributed by atoms with van der Waals surface area (Å²) in [4.78, 5) is 0. The summed E-state index contributed by atoms with van der Waals surface area (Å²) in [6.07, 6.45) is 0. The van der Waals surface area contributed by atoms with Gasteiger partial charge in [0.05, 0.1) is 18.2 Å². The Morgan fingerprint density at radius 3 is 2.54 bits per heavy atom. The van der Waals surface area contributed by atoms with Gasteiger partial charge in [-0.05, 0) is 65.2 Å². The molecule has 24 heavy (non-hydrogen) atoms. The Hall–Kier alpha value is -1.66. The standard InChI is InChI=1S/C18H20BrF2NO2/c1-4-24-18-14(19)7-12(8-17(18)23-3)10-22-11(2)13-5-6-15(20)16(21)9-13/h5-9,11,22H,4,10H2,1-3H3. The highest BCUT2D eigenvalue weighted by molar-refractivity contribution is 9.10. The number of ether oxygens (including phenoxy) is 2. The Morgan fingerprint density at radius 2 is 1.92 bits per heavy atom. The molecule has 1 atom stereocenters. The Bertz CT molecular complexity index is 710. The number of hydrogen-bond acceptors (Lipinski definition) is 3. The van der Waals surface area contributed by atoms with Crippen LogP contribution in [0.4, 0.5) is 8.78 Å². The fourth-order valence-corrected chi connectivity index (χ4v) is 2.93. The van der Waals surface area contributed by atoms with Crippen LogP contribution in [0.2, 0.25) is 0 Å². The molecule has 3 nitrogen and oxygen atoms in total. The van der Waals surface area contributed by atoms with Gasteiger partial charge in [0.15, 0.2) is 23.1 Å². The first-order chi connectivity index (χ1) is 11.5. The first-order valence-corrected chi connectivity index (χ1v) is 8.43. The third-order valence-electron chi connectivity index (χ3n) is 3.63. The molecule has 0 aliphatic rings. The molecule has 1 N–H and O–H groups in total. The van der Waals surface area contributed by atoms with Crippen molar-refractivity contribution < 1.29 is 18.3 Å². The molecule has 0 radical (unpaired) electrons. The van der Waals surface area contributed by atoms with Crippen molar-refractivity contribution >= 4 is 15.9 Å². The molecule has 130 valence electrons. The number of methoxy groups -OCH3 is 1. The van der Waals surface area contributed by atoms with Crippen molar-refractivity contribution in [2.24, 2.45) is 0 Å². The summed E-state index contributed by atoms with van der Waals surface area (Å²) in [7, 11) is 1.59. The SMILES string of the molecule is CCOc1c(Br)cc(CNC(C)c2ccc(F)c(F)c2)cc1OC. The van der Waals surface area contributed by atoms with E-state index in [0.717, 1.165) is 16.1 Å². The maximum Gasteiger partial charge on any atom is 0.175 e. The van der Waals surface area contributed by atoms with Gasteiger partial charge in [0.1, 0.15) is 0 Å². The molecule has 2 aromatic rings. The fourth-order valence-electron chi connectivity index (χ4n) is 2.33. The van der Waals surface area contributed by atoms with Crippen molar-refractivity contribution in [3.05, 3.63) is 57.6 Å². The lowest BCUT2D eigenvalue weighted by atomic mass is 10.1. The minimum atomic E-state index is -0.842. The molecule has 0 fully saturated rings. The maximum absolute atomic E-state index is 13.3. The van der Waals surface area contributed by atoms with E-state index >= 15 is 0 Å². The molecule has 0 bridgehead atoms. The lowest BCUT2D eigenvalue weighted by Crippen LogP contribution is -2.18. The Kier molecular flexibility index (Phi) is 6.57. The van der Waals surface area contributed by atoms with Crippen LogP contribution in [0.15, 0.2) is 34.8 Å². The molecule has 6 heteroatoms. The number of rotatable bonds is 7. The molecule has 0 saturated carbocycles. The van der Waals surface area contributed by atoms with Crippen LogP contribution in [0.1, 0.15) is 31.0 Å². The zero-order valence-corrected chi connectivity index (χ0v) is 15.4. The van der Waals surface area contributed by atoms with E-state index in [1.807, 2.05) is 26.0 Å². The van der Waals surface area contributed by atoms with Crippen LogP contribution >= 0.6 is 15.9 Å². The second kappa shape index (κ2) is 8.44. The number of nitrogens with one attached hydrogen (secondary N) is 1. The minimum Gasteiger partial charge on any atom is -0.493 e. The summed E-state index contributed by atoms with van der Waals surface area (Å²) in [5.74, 6) is -0.376. The molecule has 2 rings (SSSR count). The van der Waals surface area contributed by atoms with Gasteiger partial charge in [-0.25, -0.2) is 8.78 Å². The monoisotopic (exact) mass is 399 g/mol. The summed E-state index contributed by atoms with van der Waals surface area (Å²) in [5, 5.41) is 3.29. The van der Waals surface area contributed by atoms with Crippen molar-refractivity contribution in [2.45, 2.75) is 26.4 Å². The summed E-state index contributed by atoms with van der Waals surface area (Å²) < 4.78 is 38.1. The van der Waals surface area contributed by atoms with Gasteiger partial charge in [-0.3, -0.25) is 0 Å². The Morgan fingerprint density at radius 1 is 1.17 bits per heavy atom. The minimum absolute atomic E-state index is 0.128. The smallest absolute Gasteiger partial charge is 0.175 e. The lowest BCUT2D eigenvalue weighted by molar-refractivity contribution is 0.308. The van der Waals surface area contributed by atoms with Crippen molar-refractivity contribution in [1.29, 1.82) is 0 Å². The summed E-state index contributed by atoms with van der Waals surface area (Å²) in [6.45, 7) is 4.89. The second-order valence-electron chi connectivity index (χ2n) is 5.32. The van der Waals surface area contributed by atoms with Gasteiger partial charge in [-0.15, -0.1) is 0 Å². The summed E-state index contributed by atoms with van der Waals surface area (Å²) in [6, 6.07) is 7.63. The zero-order valence-electron chi connectivity index (χ0n) is 13.8. The Labute approximate surface area is 149 Å². The first kappa shape index (κ1) is 18.7. The third kappa shape index (κ3) is 4.45. The molecular formula is C18H20BrF2NO2. The van der Waals surface area contributed by atoms with Gasteiger partial charge in [0, 0.05) is 12.6 Å². The predicted octanol–water partition coefficient (Wildman–Crippen LogP) is 4.99. The van der Waals surface area contributed by atoms with E-state index in [0.29, 0.717) is 30.2 Å². The van der Waals surface area contributed by atoms with E-state index in [4.69, 9.17) is 9.47 Å². The molecule has 0 saturated heterocycles. The normalized spacial score (nSPS) is 12.1. The van der Waals surface area contributed by atoms with Gasteiger partial charge >= 0.3 is 0 Å². The van der Waals surface area contributed by atoms with Crippen LogP contribution in [-0.2, 0) is 6.54 Å².